The van der Waals surface area contributed by atoms with Crippen molar-refractivity contribution in [1.82, 2.24) is 0 Å². The summed E-state index contributed by atoms with van der Waals surface area (Å²) in [5, 5.41) is 27.6. The standard InChI is InChI=1S/C42H64N2O12.C5H14NO/c1-5-7-9-11-17-33(3)51-23-27-55-41(49)31-43(29-39(45)46)35-19-13-15-21-37(35)53-25-26-54-38-22-16-14-20-36(38)44(30-40(47)48)32-42(50)56-28-24-52-34(4)18-12-10-8-6-2;1-6(2,3)4-5-7/h13-16,19-22,33-34H,5-12,17-18,23-32H2,1-4H3,(H,45,46)(H,47,48);7H,4-5H2,1-3H3/q;+1. The number of anilines is 2. The average Bonchev–Trinajstić information content (AvgIpc) is 3.22. The Hall–Kier alpha value is -4.64. The maximum atomic E-state index is 12.7. The van der Waals surface area contributed by atoms with E-state index in [1.54, 1.807) is 48.5 Å². The van der Waals surface area contributed by atoms with Crippen molar-refractivity contribution in [2.45, 2.75) is 104 Å². The summed E-state index contributed by atoms with van der Waals surface area (Å²) in [6, 6.07) is 13.4. The highest BCUT2D eigenvalue weighted by atomic mass is 16.6. The highest BCUT2D eigenvalue weighted by Crippen LogP contribution is 2.30. The molecule has 16 heteroatoms. The maximum absolute atomic E-state index is 12.7. The number of aliphatic hydroxyl groups is 1. The van der Waals surface area contributed by atoms with Gasteiger partial charge >= 0.3 is 23.9 Å². The Bertz CT molecular complexity index is 1450. The molecule has 0 saturated heterocycles. The van der Waals surface area contributed by atoms with Crippen LogP contribution in [-0.2, 0) is 38.1 Å². The topological polar surface area (TPSA) is 191 Å². The molecular weight excluding hydrogens is 815 g/mol. The molecule has 0 fully saturated rings. The van der Waals surface area contributed by atoms with Crippen LogP contribution >= 0.6 is 0 Å². The Balaban J connectivity index is 0.00000260. The van der Waals surface area contributed by atoms with Gasteiger partial charge in [-0.1, -0.05) is 89.5 Å². The van der Waals surface area contributed by atoms with Crippen LogP contribution in [0.4, 0.5) is 11.4 Å². The van der Waals surface area contributed by atoms with Crippen LogP contribution in [0.5, 0.6) is 11.5 Å². The Morgan fingerprint density at radius 3 is 1.30 bits per heavy atom. The lowest BCUT2D eigenvalue weighted by Crippen LogP contribution is -2.36. The second-order valence-corrected chi connectivity index (χ2v) is 16.4. The molecule has 358 valence electrons. The van der Waals surface area contributed by atoms with Crippen LogP contribution in [0.15, 0.2) is 48.5 Å². The molecule has 0 saturated carbocycles. The molecule has 2 aromatic carbocycles. The largest absolute Gasteiger partial charge is 0.488 e. The van der Waals surface area contributed by atoms with Gasteiger partial charge in [0.15, 0.2) is 0 Å². The number of para-hydroxylation sites is 4. The van der Waals surface area contributed by atoms with Gasteiger partial charge in [-0.2, -0.15) is 0 Å². The Labute approximate surface area is 375 Å². The molecular formula is C47H78N3O13+. The summed E-state index contributed by atoms with van der Waals surface area (Å²) in [4.78, 5) is 51.7. The number of hydrogen-bond acceptors (Lipinski definition) is 13. The van der Waals surface area contributed by atoms with Gasteiger partial charge in [0.05, 0.1) is 64.5 Å². The molecule has 2 aromatic rings. The first-order valence-corrected chi connectivity index (χ1v) is 22.4. The van der Waals surface area contributed by atoms with Gasteiger partial charge in [0.25, 0.3) is 0 Å². The van der Waals surface area contributed by atoms with Crippen molar-refractivity contribution in [2.24, 2.45) is 0 Å². The highest BCUT2D eigenvalue weighted by Gasteiger charge is 2.21. The number of benzene rings is 2. The molecule has 2 unspecified atom stereocenters. The summed E-state index contributed by atoms with van der Waals surface area (Å²) in [5.41, 5.74) is 0.754. The Morgan fingerprint density at radius 1 is 0.571 bits per heavy atom. The number of unbranched alkanes of at least 4 members (excludes halogenated alkanes) is 6. The van der Waals surface area contributed by atoms with E-state index in [1.807, 2.05) is 13.8 Å². The number of aliphatic carboxylic acids is 2. The van der Waals surface area contributed by atoms with E-state index in [1.165, 1.54) is 35.5 Å². The Morgan fingerprint density at radius 2 is 0.968 bits per heavy atom. The van der Waals surface area contributed by atoms with E-state index in [-0.39, 0.29) is 71.5 Å². The first-order valence-electron chi connectivity index (χ1n) is 22.4. The second-order valence-electron chi connectivity index (χ2n) is 16.4. The van der Waals surface area contributed by atoms with Gasteiger partial charge in [-0.3, -0.25) is 19.2 Å². The van der Waals surface area contributed by atoms with Crippen LogP contribution in [0.3, 0.4) is 0 Å². The molecule has 0 aliphatic carbocycles. The summed E-state index contributed by atoms with van der Waals surface area (Å²) in [6.07, 6.45) is 11.2. The van der Waals surface area contributed by atoms with Gasteiger partial charge in [-0.15, -0.1) is 0 Å². The van der Waals surface area contributed by atoms with E-state index in [0.717, 1.165) is 49.6 Å². The minimum absolute atomic E-state index is 0.0165. The number of carboxylic acids is 2. The van der Waals surface area contributed by atoms with E-state index in [0.29, 0.717) is 22.9 Å². The molecule has 16 nitrogen and oxygen atoms in total. The van der Waals surface area contributed by atoms with Crippen LogP contribution in [0.25, 0.3) is 0 Å². The lowest BCUT2D eigenvalue weighted by atomic mass is 10.1. The van der Waals surface area contributed by atoms with Crippen LogP contribution in [0, 0.1) is 0 Å². The predicted molar refractivity (Wildman–Crippen MR) is 244 cm³/mol. The maximum Gasteiger partial charge on any atom is 0.325 e. The highest BCUT2D eigenvalue weighted by molar-refractivity contribution is 5.82. The van der Waals surface area contributed by atoms with Crippen LogP contribution in [0.1, 0.15) is 91.9 Å². The number of carboxylic acid groups (broad SMARTS) is 2. The molecule has 0 aliphatic heterocycles. The molecule has 2 rings (SSSR count). The number of ether oxygens (including phenoxy) is 6. The minimum Gasteiger partial charge on any atom is -0.488 e. The molecule has 63 heavy (non-hydrogen) atoms. The van der Waals surface area contributed by atoms with Crippen LogP contribution < -0.4 is 19.3 Å². The van der Waals surface area contributed by atoms with Gasteiger partial charge in [0.1, 0.15) is 70.7 Å². The van der Waals surface area contributed by atoms with E-state index < -0.39 is 37.0 Å². The van der Waals surface area contributed by atoms with Crippen molar-refractivity contribution in [3.05, 3.63) is 48.5 Å². The fraction of sp³-hybridized carbons (Fsp3) is 0.660. The third-order valence-corrected chi connectivity index (χ3v) is 9.50. The molecule has 0 aliphatic rings. The zero-order valence-corrected chi connectivity index (χ0v) is 39.1. The second kappa shape index (κ2) is 33.9. The number of hydrogen-bond donors (Lipinski definition) is 3. The van der Waals surface area contributed by atoms with Crippen LogP contribution in [-0.4, -0.2) is 156 Å². The molecule has 0 amide bonds. The number of rotatable bonds is 35. The van der Waals surface area contributed by atoms with E-state index in [9.17, 15) is 29.4 Å². The molecule has 0 aromatic heterocycles. The van der Waals surface area contributed by atoms with E-state index in [4.69, 9.17) is 33.5 Å². The normalized spacial score (nSPS) is 12.0. The van der Waals surface area contributed by atoms with Gasteiger partial charge in [0.2, 0.25) is 0 Å². The number of aliphatic hydroxyl groups excluding tert-OH is 1. The number of esters is 2. The third-order valence-electron chi connectivity index (χ3n) is 9.50. The van der Waals surface area contributed by atoms with Gasteiger partial charge in [0, 0.05) is 0 Å². The molecule has 0 bridgehead atoms. The summed E-state index contributed by atoms with van der Waals surface area (Å²) in [6.45, 7) is 8.45. The molecule has 2 atom stereocenters. The summed E-state index contributed by atoms with van der Waals surface area (Å²) >= 11 is 0. The Kier molecular flexibility index (Phi) is 30.3. The molecule has 0 spiro atoms. The zero-order chi connectivity index (χ0) is 46.9. The molecule has 0 heterocycles. The van der Waals surface area contributed by atoms with E-state index >= 15 is 0 Å². The number of carbonyl (C=O) groups excluding carboxylic acids is 2. The summed E-state index contributed by atoms with van der Waals surface area (Å²) in [5.74, 6) is -2.85. The number of quaternary nitrogens is 1. The first kappa shape index (κ1) is 56.4. The van der Waals surface area contributed by atoms with E-state index in [2.05, 4.69) is 35.0 Å². The zero-order valence-electron chi connectivity index (χ0n) is 39.1. The number of likely N-dealkylation sites (N-methyl/N-ethyl adjacent to an activating group) is 1. The lowest BCUT2D eigenvalue weighted by molar-refractivity contribution is -0.870. The first-order chi connectivity index (χ1) is 30.1. The molecule has 3 N–H and O–H groups in total. The van der Waals surface area contributed by atoms with Crippen molar-refractivity contribution < 1.29 is 67.4 Å². The SMILES string of the molecule is CCCCCCC(C)OCCOC(=O)CN(CC(=O)O)c1ccccc1OCCOc1ccccc1N(CC(=O)O)CC(=O)OCCOC(C)CCCCCC.C[N+](C)(C)CCO. The van der Waals surface area contributed by atoms with Crippen molar-refractivity contribution in [1.29, 1.82) is 0 Å². The van der Waals surface area contributed by atoms with Crippen molar-refractivity contribution in [2.75, 3.05) is 110 Å². The fourth-order valence-corrected chi connectivity index (χ4v) is 6.16. The average molecular weight is 893 g/mol. The lowest BCUT2D eigenvalue weighted by Gasteiger charge is -2.25. The van der Waals surface area contributed by atoms with Gasteiger partial charge in [-0.05, 0) is 51.0 Å². The predicted octanol–water partition coefficient (Wildman–Crippen LogP) is 6.45. The number of nitrogens with zero attached hydrogens (tertiary/aromatic N) is 3. The smallest absolute Gasteiger partial charge is 0.325 e. The van der Waals surface area contributed by atoms with Gasteiger partial charge < -0.3 is 58.0 Å². The van der Waals surface area contributed by atoms with Gasteiger partial charge in [-0.25, -0.2) is 0 Å². The molecule has 0 radical (unpaired) electrons. The monoisotopic (exact) mass is 893 g/mol. The fourth-order valence-electron chi connectivity index (χ4n) is 6.16. The minimum atomic E-state index is -1.14. The van der Waals surface area contributed by atoms with Crippen molar-refractivity contribution in [3.8, 4) is 11.5 Å². The van der Waals surface area contributed by atoms with Crippen LogP contribution in [0.2, 0.25) is 0 Å². The van der Waals surface area contributed by atoms with Crippen molar-refractivity contribution >= 4 is 35.3 Å². The van der Waals surface area contributed by atoms with Crippen molar-refractivity contribution in [3.63, 3.8) is 0 Å². The summed E-state index contributed by atoms with van der Waals surface area (Å²) < 4.78 is 35.0. The number of carbonyl (C=O) groups is 4. The third kappa shape index (κ3) is 28.6. The summed E-state index contributed by atoms with van der Waals surface area (Å²) in [7, 11) is 6.16. The quantitative estimate of drug-likeness (QED) is 0.0389.